The van der Waals surface area contributed by atoms with Gasteiger partial charge in [0.1, 0.15) is 30.7 Å². The van der Waals surface area contributed by atoms with Crippen molar-refractivity contribution in [3.05, 3.63) is 22.7 Å². The Morgan fingerprint density at radius 2 is 1.97 bits per heavy atom. The molecule has 13 heteroatoms. The van der Waals surface area contributed by atoms with Gasteiger partial charge in [0.15, 0.2) is 6.23 Å². The summed E-state index contributed by atoms with van der Waals surface area (Å²) in [4.78, 5) is 38.0. The van der Waals surface area contributed by atoms with Crippen molar-refractivity contribution in [2.45, 2.75) is 56.6 Å². The second kappa shape index (κ2) is 11.4. The van der Waals surface area contributed by atoms with E-state index < -0.39 is 42.2 Å². The first-order valence-corrected chi connectivity index (χ1v) is 9.53. The summed E-state index contributed by atoms with van der Waals surface area (Å²) in [5.74, 6) is -0.422. The second-order valence-electron chi connectivity index (χ2n) is 6.81. The fraction of sp³-hybridized carbons (Fsp3) is 0.647. The molecule has 0 saturated carbocycles. The Labute approximate surface area is 171 Å². The highest BCUT2D eigenvalue weighted by atomic mass is 16.6. The van der Waals surface area contributed by atoms with E-state index in [1.54, 1.807) is 5.48 Å². The van der Waals surface area contributed by atoms with Crippen molar-refractivity contribution < 1.29 is 34.5 Å². The topological polar surface area (TPSA) is 198 Å². The lowest BCUT2D eigenvalue weighted by atomic mass is 10.1. The van der Waals surface area contributed by atoms with E-state index in [1.165, 1.54) is 12.3 Å². The molecule has 2 heterocycles. The number of nitrogens with two attached hydrogens (primary N) is 1. The zero-order valence-electron chi connectivity index (χ0n) is 16.3. The molecule has 1 fully saturated rings. The van der Waals surface area contributed by atoms with Gasteiger partial charge >= 0.3 is 11.8 Å². The van der Waals surface area contributed by atoms with Crippen LogP contribution in [-0.2, 0) is 14.3 Å². The number of aliphatic hydroxyl groups is 2. The Morgan fingerprint density at radius 1 is 1.23 bits per heavy atom. The number of aliphatic hydroxyl groups excluding tert-OH is 2. The van der Waals surface area contributed by atoms with E-state index in [1.807, 2.05) is 0 Å². The van der Waals surface area contributed by atoms with Crippen molar-refractivity contribution in [1.29, 1.82) is 0 Å². The minimum absolute atomic E-state index is 0.0106. The first-order valence-electron chi connectivity index (χ1n) is 9.53. The first kappa shape index (κ1) is 23.5. The number of aromatic nitrogens is 2. The van der Waals surface area contributed by atoms with Gasteiger partial charge in [0.2, 0.25) is 5.91 Å². The molecule has 13 nitrogen and oxygen atoms in total. The fourth-order valence-corrected chi connectivity index (χ4v) is 2.94. The maximum atomic E-state index is 11.9. The molecule has 1 aromatic heterocycles. The molecule has 168 valence electrons. The van der Waals surface area contributed by atoms with Crippen LogP contribution in [0.4, 0.5) is 10.6 Å². The van der Waals surface area contributed by atoms with E-state index in [2.05, 4.69) is 10.3 Å². The number of nitrogens with one attached hydrogen (secondary N) is 2. The number of hydrogen-bond donors (Lipinski definition) is 6. The van der Waals surface area contributed by atoms with E-state index in [0.29, 0.717) is 19.4 Å². The highest BCUT2D eigenvalue weighted by Gasteiger charge is 2.44. The maximum Gasteiger partial charge on any atom is 0.407 e. The monoisotopic (exact) mass is 429 g/mol. The molecule has 4 unspecified atom stereocenters. The average Bonchev–Trinajstić information content (AvgIpc) is 2.99. The van der Waals surface area contributed by atoms with Crippen LogP contribution in [0.1, 0.15) is 38.3 Å². The Balaban J connectivity index is 1.68. The van der Waals surface area contributed by atoms with Crippen molar-refractivity contribution in [2.24, 2.45) is 0 Å². The molecule has 4 atom stereocenters. The SMILES string of the molecule is Nc1ccn(C2OC(COC(=O)NCCCCCCC(=O)NO)C(O)C2O)c(=O)n1. The number of carbonyl (C=O) groups excluding carboxylic acids is 2. The highest BCUT2D eigenvalue weighted by Crippen LogP contribution is 2.28. The summed E-state index contributed by atoms with van der Waals surface area (Å²) in [6, 6.07) is 1.35. The van der Waals surface area contributed by atoms with Gasteiger partial charge in [-0.1, -0.05) is 12.8 Å². The van der Waals surface area contributed by atoms with Crippen LogP contribution in [0, 0.1) is 0 Å². The number of ether oxygens (including phenoxy) is 2. The summed E-state index contributed by atoms with van der Waals surface area (Å²) < 4.78 is 11.5. The lowest BCUT2D eigenvalue weighted by Crippen LogP contribution is -2.37. The molecule has 7 N–H and O–H groups in total. The minimum atomic E-state index is -1.42. The molecule has 2 rings (SSSR count). The van der Waals surface area contributed by atoms with E-state index in [4.69, 9.17) is 20.4 Å². The molecule has 0 aliphatic carbocycles. The fourth-order valence-electron chi connectivity index (χ4n) is 2.94. The minimum Gasteiger partial charge on any atom is -0.447 e. The number of anilines is 1. The maximum absolute atomic E-state index is 11.9. The van der Waals surface area contributed by atoms with Crippen LogP contribution >= 0.6 is 0 Å². The molecule has 0 bridgehead atoms. The van der Waals surface area contributed by atoms with Crippen LogP contribution in [0.2, 0.25) is 0 Å². The Bertz CT molecular complexity index is 773. The molecule has 1 aliphatic heterocycles. The number of alkyl carbamates (subject to hydrolysis) is 1. The van der Waals surface area contributed by atoms with Crippen molar-refractivity contribution in [3.63, 3.8) is 0 Å². The third kappa shape index (κ3) is 6.66. The summed E-state index contributed by atoms with van der Waals surface area (Å²) >= 11 is 0. The molecule has 2 amide bonds. The molecule has 0 spiro atoms. The van der Waals surface area contributed by atoms with Crippen LogP contribution in [0.5, 0.6) is 0 Å². The Hall–Kier alpha value is -2.74. The number of rotatable bonds is 10. The lowest BCUT2D eigenvalue weighted by molar-refractivity contribution is -0.129. The van der Waals surface area contributed by atoms with Crippen LogP contribution in [0.25, 0.3) is 0 Å². The van der Waals surface area contributed by atoms with Crippen LogP contribution in [0.3, 0.4) is 0 Å². The van der Waals surface area contributed by atoms with Crippen LogP contribution in [0.15, 0.2) is 17.1 Å². The predicted molar refractivity (Wildman–Crippen MR) is 101 cm³/mol. The third-order valence-corrected chi connectivity index (χ3v) is 4.57. The largest absolute Gasteiger partial charge is 0.447 e. The number of nitrogens with zero attached hydrogens (tertiary/aromatic N) is 2. The summed E-state index contributed by atoms with van der Waals surface area (Å²) in [6.07, 6.45) is -1.35. The van der Waals surface area contributed by atoms with Crippen molar-refractivity contribution >= 4 is 17.8 Å². The van der Waals surface area contributed by atoms with Crippen molar-refractivity contribution in [3.8, 4) is 0 Å². The van der Waals surface area contributed by atoms with Gasteiger partial charge in [-0.3, -0.25) is 14.6 Å². The van der Waals surface area contributed by atoms with E-state index in [9.17, 15) is 24.6 Å². The summed E-state index contributed by atoms with van der Waals surface area (Å²) in [6.45, 7) is 0.0326. The van der Waals surface area contributed by atoms with Gasteiger partial charge in [-0.15, -0.1) is 0 Å². The summed E-state index contributed by atoms with van der Waals surface area (Å²) in [5.41, 5.74) is 6.23. The predicted octanol–water partition coefficient (Wildman–Crippen LogP) is -1.37. The normalized spacial score (nSPS) is 23.2. The number of nitrogen functional groups attached to an aromatic ring is 1. The second-order valence-corrected chi connectivity index (χ2v) is 6.81. The number of unbranched alkanes of at least 4 members (excludes halogenated alkanes) is 3. The van der Waals surface area contributed by atoms with Gasteiger partial charge in [0, 0.05) is 19.2 Å². The smallest absolute Gasteiger partial charge is 0.407 e. The number of amides is 2. The van der Waals surface area contributed by atoms with Crippen molar-refractivity contribution in [1.82, 2.24) is 20.3 Å². The molecular formula is C17H27N5O8. The van der Waals surface area contributed by atoms with Crippen molar-refractivity contribution in [2.75, 3.05) is 18.9 Å². The number of carbonyl (C=O) groups is 2. The zero-order chi connectivity index (χ0) is 22.1. The molecule has 30 heavy (non-hydrogen) atoms. The van der Waals surface area contributed by atoms with Crippen LogP contribution < -0.4 is 22.2 Å². The van der Waals surface area contributed by atoms with E-state index in [-0.39, 0.29) is 18.8 Å². The van der Waals surface area contributed by atoms with E-state index >= 15 is 0 Å². The molecule has 1 aromatic rings. The first-order chi connectivity index (χ1) is 14.3. The molecule has 1 saturated heterocycles. The average molecular weight is 429 g/mol. The van der Waals surface area contributed by atoms with Gasteiger partial charge in [0.05, 0.1) is 0 Å². The number of hydroxylamine groups is 1. The van der Waals surface area contributed by atoms with Gasteiger partial charge < -0.3 is 30.7 Å². The van der Waals surface area contributed by atoms with Gasteiger partial charge in [-0.2, -0.15) is 4.98 Å². The summed E-state index contributed by atoms with van der Waals surface area (Å²) in [7, 11) is 0. The molecule has 0 radical (unpaired) electrons. The van der Waals surface area contributed by atoms with E-state index in [0.717, 1.165) is 17.4 Å². The standard InChI is InChI=1S/C17H27N5O8/c18-11-6-8-22(16(26)20-11)15-14(25)13(24)10(30-15)9-29-17(27)19-7-4-2-1-3-5-12(23)21-28/h6,8,10,13-15,24-25,28H,1-5,7,9H2,(H,19,27)(H,21,23)(H2,18,20,26). The Kier molecular flexibility index (Phi) is 8.98. The van der Waals surface area contributed by atoms with Gasteiger partial charge in [-0.25, -0.2) is 15.1 Å². The zero-order valence-corrected chi connectivity index (χ0v) is 16.3. The highest BCUT2D eigenvalue weighted by molar-refractivity contribution is 5.74. The molecule has 1 aliphatic rings. The third-order valence-electron chi connectivity index (χ3n) is 4.57. The van der Waals surface area contributed by atoms with Gasteiger partial charge in [-0.05, 0) is 18.9 Å². The summed E-state index contributed by atoms with van der Waals surface area (Å²) in [5, 5.41) is 31.2. The quantitative estimate of drug-likeness (QED) is 0.146. The lowest BCUT2D eigenvalue weighted by Gasteiger charge is -2.16. The van der Waals surface area contributed by atoms with Gasteiger partial charge in [0.25, 0.3) is 0 Å². The Morgan fingerprint density at radius 3 is 2.67 bits per heavy atom. The van der Waals surface area contributed by atoms with Crippen LogP contribution in [-0.4, -0.2) is 68.4 Å². The molecule has 0 aromatic carbocycles. The number of hydrogen-bond acceptors (Lipinski definition) is 10. The molecular weight excluding hydrogens is 402 g/mol.